The molecule has 34 heavy (non-hydrogen) atoms. The summed E-state index contributed by atoms with van der Waals surface area (Å²) in [6.45, 7) is 2.52. The number of aromatic carboxylic acids is 1. The van der Waals surface area contributed by atoms with Crippen LogP contribution in [-0.2, 0) is 6.61 Å². The Morgan fingerprint density at radius 3 is 2.56 bits per heavy atom. The number of carboxylic acid groups (broad SMARTS) is 1. The summed E-state index contributed by atoms with van der Waals surface area (Å²) in [5, 5.41) is 15.8. The number of carboxylic acids is 1. The molecule has 9 heteroatoms. The van der Waals surface area contributed by atoms with Gasteiger partial charge in [-0.25, -0.2) is 15.0 Å². The van der Waals surface area contributed by atoms with Gasteiger partial charge in [-0.05, 0) is 60.5 Å². The second-order valence-electron chi connectivity index (χ2n) is 6.96. The zero-order valence-electron chi connectivity index (χ0n) is 18.8. The summed E-state index contributed by atoms with van der Waals surface area (Å²) in [5.74, 6) is 0.523. The zero-order chi connectivity index (χ0) is 24.3. The van der Waals surface area contributed by atoms with Gasteiger partial charge in [0.2, 0.25) is 0 Å². The van der Waals surface area contributed by atoms with Crippen molar-refractivity contribution >= 4 is 23.9 Å². The number of nitrogens with zero attached hydrogens (tertiary/aromatic N) is 1. The molecular weight excluding hydrogens is 438 g/mol. The van der Waals surface area contributed by atoms with E-state index in [1.807, 2.05) is 13.0 Å². The molecule has 0 heterocycles. The van der Waals surface area contributed by atoms with Crippen LogP contribution in [0.3, 0.4) is 0 Å². The van der Waals surface area contributed by atoms with Crippen molar-refractivity contribution in [2.75, 3.05) is 19.0 Å². The van der Waals surface area contributed by atoms with E-state index >= 15 is 0 Å². The lowest BCUT2D eigenvalue weighted by Crippen LogP contribution is -2.24. The Labute approximate surface area is 197 Å². The van der Waals surface area contributed by atoms with Crippen molar-refractivity contribution in [3.8, 4) is 17.2 Å². The molecule has 0 fully saturated rings. The number of ether oxygens (including phenoxy) is 3. The normalized spacial score (nSPS) is 10.5. The van der Waals surface area contributed by atoms with Crippen molar-refractivity contribution in [2.24, 2.45) is 5.10 Å². The van der Waals surface area contributed by atoms with E-state index in [1.165, 1.54) is 19.4 Å². The molecular formula is C25H25N3O6. The third-order valence-corrected chi connectivity index (χ3v) is 4.57. The highest BCUT2D eigenvalue weighted by Gasteiger charge is 2.09. The lowest BCUT2D eigenvalue weighted by molar-refractivity contribution is 0.0696. The van der Waals surface area contributed by atoms with Crippen molar-refractivity contribution in [2.45, 2.75) is 13.5 Å². The highest BCUT2D eigenvalue weighted by atomic mass is 16.5. The number of carbonyl (C=O) groups excluding carboxylic acids is 1. The van der Waals surface area contributed by atoms with Crippen LogP contribution in [-0.4, -0.2) is 37.0 Å². The molecule has 3 rings (SSSR count). The van der Waals surface area contributed by atoms with Gasteiger partial charge in [0.05, 0.1) is 31.2 Å². The first kappa shape index (κ1) is 24.1. The number of amides is 2. The third kappa shape index (κ3) is 6.73. The zero-order valence-corrected chi connectivity index (χ0v) is 18.8. The molecule has 3 aromatic rings. The van der Waals surface area contributed by atoms with Gasteiger partial charge in [0.1, 0.15) is 12.4 Å². The number of urea groups is 1. The molecule has 0 atom stereocenters. The van der Waals surface area contributed by atoms with E-state index < -0.39 is 12.0 Å². The van der Waals surface area contributed by atoms with Gasteiger partial charge in [0.25, 0.3) is 0 Å². The molecule has 0 aromatic heterocycles. The van der Waals surface area contributed by atoms with E-state index in [2.05, 4.69) is 15.8 Å². The fourth-order valence-electron chi connectivity index (χ4n) is 3.01. The fraction of sp³-hybridized carbons (Fsp3) is 0.160. The van der Waals surface area contributed by atoms with Crippen LogP contribution >= 0.6 is 0 Å². The van der Waals surface area contributed by atoms with Gasteiger partial charge in [0.15, 0.2) is 11.5 Å². The quantitative estimate of drug-likeness (QED) is 0.300. The van der Waals surface area contributed by atoms with Crippen LogP contribution in [0.15, 0.2) is 71.8 Å². The molecule has 0 saturated heterocycles. The van der Waals surface area contributed by atoms with E-state index in [9.17, 15) is 9.59 Å². The van der Waals surface area contributed by atoms with E-state index in [0.29, 0.717) is 40.7 Å². The summed E-state index contributed by atoms with van der Waals surface area (Å²) in [6, 6.07) is 18.3. The first-order valence-electron chi connectivity index (χ1n) is 10.4. The Morgan fingerprint density at radius 2 is 1.79 bits per heavy atom. The fourth-order valence-corrected chi connectivity index (χ4v) is 3.01. The minimum absolute atomic E-state index is 0.176. The first-order valence-corrected chi connectivity index (χ1v) is 10.4. The van der Waals surface area contributed by atoms with Gasteiger partial charge in [-0.3, -0.25) is 0 Å². The van der Waals surface area contributed by atoms with Crippen molar-refractivity contribution in [1.29, 1.82) is 0 Å². The molecule has 0 aliphatic carbocycles. The summed E-state index contributed by atoms with van der Waals surface area (Å²) in [5.41, 5.74) is 4.52. The molecule has 0 aliphatic rings. The Kier molecular flexibility index (Phi) is 8.45. The molecule has 0 bridgehead atoms. The number of hydrogen-bond donors (Lipinski definition) is 3. The smallest absolute Gasteiger partial charge is 0.339 e. The van der Waals surface area contributed by atoms with E-state index in [4.69, 9.17) is 19.3 Å². The predicted octanol–water partition coefficient (Wildman–Crippen LogP) is 4.53. The van der Waals surface area contributed by atoms with Crippen molar-refractivity contribution in [3.05, 3.63) is 83.4 Å². The molecule has 0 radical (unpaired) electrons. The van der Waals surface area contributed by atoms with Gasteiger partial charge in [-0.15, -0.1) is 0 Å². The van der Waals surface area contributed by atoms with Crippen LogP contribution in [0.4, 0.5) is 10.5 Å². The Morgan fingerprint density at radius 1 is 0.971 bits per heavy atom. The highest BCUT2D eigenvalue weighted by Crippen LogP contribution is 2.28. The van der Waals surface area contributed by atoms with Gasteiger partial charge in [0, 0.05) is 0 Å². The number of anilines is 1. The summed E-state index contributed by atoms with van der Waals surface area (Å²) in [7, 11) is 1.51. The average Bonchev–Trinajstić information content (AvgIpc) is 2.84. The second kappa shape index (κ2) is 11.9. The van der Waals surface area contributed by atoms with Gasteiger partial charge in [-0.2, -0.15) is 5.10 Å². The van der Waals surface area contributed by atoms with Gasteiger partial charge >= 0.3 is 12.0 Å². The Balaban J connectivity index is 1.59. The number of hydrogen-bond acceptors (Lipinski definition) is 6. The lowest BCUT2D eigenvalue weighted by atomic mass is 10.1. The Hall–Kier alpha value is -4.53. The predicted molar refractivity (Wildman–Crippen MR) is 128 cm³/mol. The number of hydrazone groups is 1. The summed E-state index contributed by atoms with van der Waals surface area (Å²) in [6.07, 6.45) is 1.47. The largest absolute Gasteiger partial charge is 0.493 e. The minimum Gasteiger partial charge on any atom is -0.493 e. The number of nitrogens with one attached hydrogen (secondary N) is 2. The number of benzene rings is 3. The summed E-state index contributed by atoms with van der Waals surface area (Å²) in [4.78, 5) is 23.3. The van der Waals surface area contributed by atoms with Crippen LogP contribution < -0.4 is 25.0 Å². The maximum atomic E-state index is 12.1. The van der Waals surface area contributed by atoms with E-state index in [-0.39, 0.29) is 12.2 Å². The van der Waals surface area contributed by atoms with Crippen LogP contribution in [0.5, 0.6) is 17.2 Å². The first-order chi connectivity index (χ1) is 16.5. The lowest BCUT2D eigenvalue weighted by Gasteiger charge is -2.12. The van der Waals surface area contributed by atoms with Crippen molar-refractivity contribution < 1.29 is 28.9 Å². The molecule has 3 N–H and O–H groups in total. The topological polar surface area (TPSA) is 118 Å². The SMILES string of the molecule is CCOc1ccccc1NC(=O)N/N=C/c1ccc(OCc2cccc(C(=O)O)c2)c(OC)c1. The minimum atomic E-state index is -0.996. The van der Waals surface area contributed by atoms with Gasteiger partial charge in [-0.1, -0.05) is 24.3 Å². The van der Waals surface area contributed by atoms with E-state index in [1.54, 1.807) is 54.6 Å². The molecule has 0 unspecified atom stereocenters. The number of para-hydroxylation sites is 2. The molecule has 176 valence electrons. The number of methoxy groups -OCH3 is 1. The molecule has 3 aromatic carbocycles. The van der Waals surface area contributed by atoms with Crippen molar-refractivity contribution in [1.82, 2.24) is 5.43 Å². The molecule has 2 amide bonds. The third-order valence-electron chi connectivity index (χ3n) is 4.57. The average molecular weight is 463 g/mol. The molecule has 0 spiro atoms. The highest BCUT2D eigenvalue weighted by molar-refractivity contribution is 5.92. The summed E-state index contributed by atoms with van der Waals surface area (Å²) >= 11 is 0. The monoisotopic (exact) mass is 463 g/mol. The van der Waals surface area contributed by atoms with E-state index in [0.717, 1.165) is 0 Å². The molecule has 0 saturated carbocycles. The van der Waals surface area contributed by atoms with Crippen LogP contribution in [0.2, 0.25) is 0 Å². The van der Waals surface area contributed by atoms with Crippen LogP contribution in [0.25, 0.3) is 0 Å². The maximum Gasteiger partial charge on any atom is 0.339 e. The Bertz CT molecular complexity index is 1180. The standard InChI is InChI=1S/C25H25N3O6/c1-3-33-21-10-5-4-9-20(21)27-25(31)28-26-15-17-11-12-22(23(14-17)32-2)34-16-18-7-6-8-19(13-18)24(29)30/h4-15H,3,16H2,1-2H3,(H,29,30)(H2,27,28,31)/b26-15+. The second-order valence-corrected chi connectivity index (χ2v) is 6.96. The maximum absolute atomic E-state index is 12.1. The van der Waals surface area contributed by atoms with Crippen LogP contribution in [0, 0.1) is 0 Å². The van der Waals surface area contributed by atoms with Crippen molar-refractivity contribution in [3.63, 3.8) is 0 Å². The molecule has 0 aliphatic heterocycles. The number of carbonyl (C=O) groups is 2. The van der Waals surface area contributed by atoms with Gasteiger partial charge < -0.3 is 24.6 Å². The number of rotatable bonds is 10. The van der Waals surface area contributed by atoms with Crippen LogP contribution in [0.1, 0.15) is 28.4 Å². The summed E-state index contributed by atoms with van der Waals surface area (Å²) < 4.78 is 16.7. The molecule has 9 nitrogen and oxygen atoms in total.